The van der Waals surface area contributed by atoms with Crippen LogP contribution in [0.25, 0.3) is 0 Å². The number of nitrogens with one attached hydrogen (secondary N) is 2. The van der Waals surface area contributed by atoms with Crippen LogP contribution in [0.5, 0.6) is 0 Å². The molecule has 1 aromatic rings. The van der Waals surface area contributed by atoms with E-state index in [9.17, 15) is 18.8 Å². The Labute approximate surface area is 109 Å². The van der Waals surface area contributed by atoms with E-state index in [1.165, 1.54) is 18.2 Å². The second kappa shape index (κ2) is 5.60. The number of imide groups is 1. The molecule has 0 aliphatic carbocycles. The van der Waals surface area contributed by atoms with E-state index in [0.29, 0.717) is 0 Å². The molecule has 5 nitrogen and oxygen atoms in total. The molecular weight excluding hydrogens is 251 g/mol. The predicted octanol–water partition coefficient (Wildman–Crippen LogP) is 0.290. The first-order valence-corrected chi connectivity index (χ1v) is 5.92. The van der Waals surface area contributed by atoms with Gasteiger partial charge in [-0.05, 0) is 18.1 Å². The number of halogens is 1. The first kappa shape index (κ1) is 13.2. The van der Waals surface area contributed by atoms with E-state index in [1.807, 2.05) is 0 Å². The summed E-state index contributed by atoms with van der Waals surface area (Å²) in [4.78, 5) is 34.1. The molecule has 0 aromatic heterocycles. The first-order valence-electron chi connectivity index (χ1n) is 5.92. The van der Waals surface area contributed by atoms with Crippen LogP contribution < -0.4 is 10.6 Å². The van der Waals surface area contributed by atoms with E-state index in [1.54, 1.807) is 6.07 Å². The van der Waals surface area contributed by atoms with Gasteiger partial charge in [0.2, 0.25) is 17.7 Å². The molecule has 1 saturated heterocycles. The Kier molecular flexibility index (Phi) is 3.89. The number of hydrogen-bond acceptors (Lipinski definition) is 3. The average Bonchev–Trinajstić information content (AvgIpc) is 2.36. The molecule has 1 fully saturated rings. The molecule has 1 heterocycles. The number of piperidine rings is 1. The van der Waals surface area contributed by atoms with Gasteiger partial charge in [0.25, 0.3) is 0 Å². The van der Waals surface area contributed by atoms with E-state index in [0.717, 1.165) is 0 Å². The van der Waals surface area contributed by atoms with Crippen molar-refractivity contribution in [1.29, 1.82) is 0 Å². The topological polar surface area (TPSA) is 75.3 Å². The number of amides is 3. The van der Waals surface area contributed by atoms with Crippen molar-refractivity contribution < 1.29 is 18.8 Å². The van der Waals surface area contributed by atoms with E-state index in [-0.39, 0.29) is 30.7 Å². The van der Waals surface area contributed by atoms with Gasteiger partial charge in [-0.1, -0.05) is 18.2 Å². The SMILES string of the molecule is O=C1CC[C@H](NC(=O)Cc2ccccc2F)C(=O)N1. The Balaban J connectivity index is 1.93. The lowest BCUT2D eigenvalue weighted by Crippen LogP contribution is -2.52. The van der Waals surface area contributed by atoms with E-state index < -0.39 is 23.7 Å². The number of carbonyl (C=O) groups is 3. The van der Waals surface area contributed by atoms with Gasteiger partial charge < -0.3 is 5.32 Å². The summed E-state index contributed by atoms with van der Waals surface area (Å²) in [6, 6.07) is 5.24. The van der Waals surface area contributed by atoms with Crippen molar-refractivity contribution in [3.05, 3.63) is 35.6 Å². The molecule has 0 radical (unpaired) electrons. The summed E-state index contributed by atoms with van der Waals surface area (Å²) in [6.45, 7) is 0. The standard InChI is InChI=1S/C13H13FN2O3/c14-9-4-2-1-3-8(9)7-12(18)15-10-5-6-11(17)16-13(10)19/h1-4,10H,5-7H2,(H,15,18)(H,16,17,19)/t10-/m0/s1. The molecule has 3 amide bonds. The maximum absolute atomic E-state index is 13.4. The molecule has 19 heavy (non-hydrogen) atoms. The van der Waals surface area contributed by atoms with Gasteiger partial charge in [0.15, 0.2) is 0 Å². The van der Waals surface area contributed by atoms with Crippen LogP contribution in [0.1, 0.15) is 18.4 Å². The molecule has 2 N–H and O–H groups in total. The predicted molar refractivity (Wildman–Crippen MR) is 64.4 cm³/mol. The van der Waals surface area contributed by atoms with Crippen LogP contribution in [0.3, 0.4) is 0 Å². The number of rotatable bonds is 3. The molecule has 0 spiro atoms. The molecule has 1 aromatic carbocycles. The van der Waals surface area contributed by atoms with Gasteiger partial charge in [-0.2, -0.15) is 0 Å². The molecule has 100 valence electrons. The molecule has 6 heteroatoms. The second-order valence-electron chi connectivity index (χ2n) is 4.34. The highest BCUT2D eigenvalue weighted by atomic mass is 19.1. The van der Waals surface area contributed by atoms with Crippen LogP contribution in [-0.2, 0) is 20.8 Å². The zero-order chi connectivity index (χ0) is 13.8. The third-order valence-corrected chi connectivity index (χ3v) is 2.88. The Hall–Kier alpha value is -2.24. The fourth-order valence-corrected chi connectivity index (χ4v) is 1.89. The average molecular weight is 264 g/mol. The summed E-state index contributed by atoms with van der Waals surface area (Å²) in [5.41, 5.74) is 0.271. The maximum atomic E-state index is 13.4. The van der Waals surface area contributed by atoms with Crippen LogP contribution in [0.2, 0.25) is 0 Å². The van der Waals surface area contributed by atoms with Crippen LogP contribution in [-0.4, -0.2) is 23.8 Å². The van der Waals surface area contributed by atoms with Crippen molar-refractivity contribution >= 4 is 17.7 Å². The minimum absolute atomic E-state index is 0.135. The third kappa shape index (κ3) is 3.37. The molecule has 1 atom stereocenters. The minimum Gasteiger partial charge on any atom is -0.344 e. The second-order valence-corrected chi connectivity index (χ2v) is 4.34. The monoisotopic (exact) mass is 264 g/mol. The van der Waals surface area contributed by atoms with Gasteiger partial charge in [-0.15, -0.1) is 0 Å². The van der Waals surface area contributed by atoms with Gasteiger partial charge in [-0.3, -0.25) is 19.7 Å². The first-order chi connectivity index (χ1) is 9.06. The zero-order valence-corrected chi connectivity index (χ0v) is 10.1. The van der Waals surface area contributed by atoms with Gasteiger partial charge >= 0.3 is 0 Å². The van der Waals surface area contributed by atoms with Crippen molar-refractivity contribution in [3.63, 3.8) is 0 Å². The summed E-state index contributed by atoms with van der Waals surface area (Å²) < 4.78 is 13.4. The van der Waals surface area contributed by atoms with E-state index >= 15 is 0 Å². The maximum Gasteiger partial charge on any atom is 0.249 e. The Morgan fingerprint density at radius 1 is 1.37 bits per heavy atom. The van der Waals surface area contributed by atoms with Crippen LogP contribution in [0.4, 0.5) is 4.39 Å². The Morgan fingerprint density at radius 2 is 2.11 bits per heavy atom. The normalized spacial score (nSPS) is 18.9. The molecule has 0 unspecified atom stereocenters. The molecule has 0 bridgehead atoms. The summed E-state index contributed by atoms with van der Waals surface area (Å²) >= 11 is 0. The van der Waals surface area contributed by atoms with E-state index in [4.69, 9.17) is 0 Å². The third-order valence-electron chi connectivity index (χ3n) is 2.88. The number of benzene rings is 1. The number of carbonyl (C=O) groups excluding carboxylic acids is 3. The van der Waals surface area contributed by atoms with Crippen molar-refractivity contribution in [2.24, 2.45) is 0 Å². The molecule has 1 aliphatic rings. The highest BCUT2D eigenvalue weighted by Gasteiger charge is 2.27. The van der Waals surface area contributed by atoms with Gasteiger partial charge in [0, 0.05) is 6.42 Å². The minimum atomic E-state index is -0.725. The smallest absolute Gasteiger partial charge is 0.249 e. The zero-order valence-electron chi connectivity index (χ0n) is 10.1. The van der Waals surface area contributed by atoms with Crippen LogP contribution in [0.15, 0.2) is 24.3 Å². The summed E-state index contributed by atoms with van der Waals surface area (Å²) in [7, 11) is 0. The summed E-state index contributed by atoms with van der Waals surface area (Å²) in [5, 5.41) is 4.64. The summed E-state index contributed by atoms with van der Waals surface area (Å²) in [5.74, 6) is -1.76. The van der Waals surface area contributed by atoms with Crippen LogP contribution >= 0.6 is 0 Å². The largest absolute Gasteiger partial charge is 0.344 e. The fraction of sp³-hybridized carbons (Fsp3) is 0.308. The van der Waals surface area contributed by atoms with Crippen molar-refractivity contribution in [2.75, 3.05) is 0 Å². The lowest BCUT2D eigenvalue weighted by Gasteiger charge is -2.21. The number of hydrogen-bond donors (Lipinski definition) is 2. The van der Waals surface area contributed by atoms with Crippen molar-refractivity contribution in [2.45, 2.75) is 25.3 Å². The van der Waals surface area contributed by atoms with E-state index in [2.05, 4.69) is 10.6 Å². The Bertz CT molecular complexity index is 530. The van der Waals surface area contributed by atoms with Crippen molar-refractivity contribution in [1.82, 2.24) is 10.6 Å². The Morgan fingerprint density at radius 3 is 2.79 bits per heavy atom. The molecule has 1 aliphatic heterocycles. The highest BCUT2D eigenvalue weighted by molar-refractivity contribution is 6.01. The summed E-state index contributed by atoms with van der Waals surface area (Å²) in [6.07, 6.45) is 0.328. The fourth-order valence-electron chi connectivity index (χ4n) is 1.89. The molecule has 0 saturated carbocycles. The molecule has 2 rings (SSSR count). The van der Waals surface area contributed by atoms with Gasteiger partial charge in [0.1, 0.15) is 11.9 Å². The highest BCUT2D eigenvalue weighted by Crippen LogP contribution is 2.08. The van der Waals surface area contributed by atoms with Crippen molar-refractivity contribution in [3.8, 4) is 0 Å². The quantitative estimate of drug-likeness (QED) is 0.770. The lowest BCUT2D eigenvalue weighted by molar-refractivity contribution is -0.137. The van der Waals surface area contributed by atoms with Gasteiger partial charge in [-0.25, -0.2) is 4.39 Å². The molecular formula is C13H13FN2O3. The lowest BCUT2D eigenvalue weighted by atomic mass is 10.1. The van der Waals surface area contributed by atoms with Crippen LogP contribution in [0, 0.1) is 5.82 Å². The van der Waals surface area contributed by atoms with Gasteiger partial charge in [0.05, 0.1) is 6.42 Å².